The van der Waals surface area contributed by atoms with E-state index in [0.29, 0.717) is 29.4 Å². The van der Waals surface area contributed by atoms with E-state index in [1.807, 2.05) is 44.4 Å². The van der Waals surface area contributed by atoms with Gasteiger partial charge in [0.25, 0.3) is 5.91 Å². The van der Waals surface area contributed by atoms with Crippen molar-refractivity contribution in [2.75, 3.05) is 25.5 Å². The highest BCUT2D eigenvalue weighted by Gasteiger charge is 2.17. The molecule has 4 aromatic rings. The van der Waals surface area contributed by atoms with Gasteiger partial charge in [0.1, 0.15) is 5.69 Å². The van der Waals surface area contributed by atoms with Gasteiger partial charge in [-0.15, -0.1) is 0 Å². The Bertz CT molecular complexity index is 1150. The number of amides is 1. The SMILES string of the molecule is CN(C)c1ncc(C(=O)NCCCn2ccc3ccccc32)c(-c2ccccn2)n1. The first-order valence-corrected chi connectivity index (χ1v) is 9.91. The molecule has 4 rings (SSSR count). The number of fused-ring (bicyclic) bond motifs is 1. The Balaban J connectivity index is 1.45. The first-order chi connectivity index (χ1) is 14.6. The van der Waals surface area contributed by atoms with Crippen LogP contribution >= 0.6 is 0 Å². The van der Waals surface area contributed by atoms with Gasteiger partial charge in [-0.2, -0.15) is 0 Å². The largest absolute Gasteiger partial charge is 0.352 e. The smallest absolute Gasteiger partial charge is 0.255 e. The van der Waals surface area contributed by atoms with E-state index in [2.05, 4.69) is 49.2 Å². The van der Waals surface area contributed by atoms with E-state index >= 15 is 0 Å². The van der Waals surface area contributed by atoms with Gasteiger partial charge >= 0.3 is 0 Å². The molecule has 0 fully saturated rings. The first-order valence-electron chi connectivity index (χ1n) is 9.91. The van der Waals surface area contributed by atoms with E-state index in [9.17, 15) is 4.79 Å². The zero-order valence-electron chi connectivity index (χ0n) is 17.1. The average Bonchev–Trinajstić information content (AvgIpc) is 3.20. The fraction of sp³-hybridized carbons (Fsp3) is 0.217. The average molecular weight is 400 g/mol. The molecule has 0 atom stereocenters. The Hall–Kier alpha value is -3.74. The van der Waals surface area contributed by atoms with Crippen LogP contribution in [-0.4, -0.2) is 46.1 Å². The molecule has 1 N–H and O–H groups in total. The molecule has 3 heterocycles. The summed E-state index contributed by atoms with van der Waals surface area (Å²) in [5.41, 5.74) is 2.80. The summed E-state index contributed by atoms with van der Waals surface area (Å²) in [5, 5.41) is 4.22. The van der Waals surface area contributed by atoms with Crippen LogP contribution in [-0.2, 0) is 6.54 Å². The van der Waals surface area contributed by atoms with Crippen LogP contribution in [0.15, 0.2) is 67.1 Å². The predicted molar refractivity (Wildman–Crippen MR) is 118 cm³/mol. The molecule has 0 saturated heterocycles. The molecule has 3 aromatic heterocycles. The lowest BCUT2D eigenvalue weighted by Gasteiger charge is -2.14. The van der Waals surface area contributed by atoms with Crippen LogP contribution in [0.2, 0.25) is 0 Å². The monoisotopic (exact) mass is 400 g/mol. The van der Waals surface area contributed by atoms with Crippen LogP contribution in [0.25, 0.3) is 22.3 Å². The number of nitrogens with one attached hydrogen (secondary N) is 1. The number of para-hydroxylation sites is 1. The number of aromatic nitrogens is 4. The Labute approximate surface area is 175 Å². The molecular formula is C23H24N6O. The van der Waals surface area contributed by atoms with Crippen molar-refractivity contribution in [2.24, 2.45) is 0 Å². The molecule has 0 saturated carbocycles. The zero-order chi connectivity index (χ0) is 20.9. The van der Waals surface area contributed by atoms with Crippen molar-refractivity contribution in [3.8, 4) is 11.4 Å². The summed E-state index contributed by atoms with van der Waals surface area (Å²) in [7, 11) is 3.73. The maximum absolute atomic E-state index is 12.9. The van der Waals surface area contributed by atoms with E-state index in [-0.39, 0.29) is 5.91 Å². The minimum absolute atomic E-state index is 0.196. The van der Waals surface area contributed by atoms with Crippen molar-refractivity contribution < 1.29 is 4.79 Å². The van der Waals surface area contributed by atoms with Gasteiger partial charge < -0.3 is 14.8 Å². The number of benzene rings is 1. The van der Waals surface area contributed by atoms with Crippen molar-refractivity contribution in [1.29, 1.82) is 0 Å². The number of hydrogen-bond donors (Lipinski definition) is 1. The van der Waals surface area contributed by atoms with Crippen molar-refractivity contribution >= 4 is 22.8 Å². The van der Waals surface area contributed by atoms with Gasteiger partial charge in [0.2, 0.25) is 5.95 Å². The Morgan fingerprint density at radius 1 is 1.07 bits per heavy atom. The van der Waals surface area contributed by atoms with Crippen molar-refractivity contribution in [3.05, 3.63) is 72.7 Å². The van der Waals surface area contributed by atoms with Crippen LogP contribution in [0.4, 0.5) is 5.95 Å². The van der Waals surface area contributed by atoms with E-state index in [0.717, 1.165) is 13.0 Å². The van der Waals surface area contributed by atoms with Gasteiger partial charge in [0.05, 0.1) is 11.3 Å². The summed E-state index contributed by atoms with van der Waals surface area (Å²) < 4.78 is 2.20. The van der Waals surface area contributed by atoms with Gasteiger partial charge in [-0.3, -0.25) is 9.78 Å². The van der Waals surface area contributed by atoms with Gasteiger partial charge in [-0.1, -0.05) is 24.3 Å². The molecule has 0 radical (unpaired) electrons. The van der Waals surface area contributed by atoms with E-state index in [4.69, 9.17) is 0 Å². The van der Waals surface area contributed by atoms with Crippen molar-refractivity contribution in [3.63, 3.8) is 0 Å². The summed E-state index contributed by atoms with van der Waals surface area (Å²) >= 11 is 0. The molecule has 7 heteroatoms. The van der Waals surface area contributed by atoms with Crippen molar-refractivity contribution in [2.45, 2.75) is 13.0 Å². The summed E-state index contributed by atoms with van der Waals surface area (Å²) in [5.74, 6) is 0.338. The lowest BCUT2D eigenvalue weighted by atomic mass is 10.1. The number of nitrogens with zero attached hydrogens (tertiary/aromatic N) is 5. The number of carbonyl (C=O) groups excluding carboxylic acids is 1. The highest BCUT2D eigenvalue weighted by Crippen LogP contribution is 2.21. The fourth-order valence-corrected chi connectivity index (χ4v) is 3.33. The Morgan fingerprint density at radius 3 is 2.70 bits per heavy atom. The lowest BCUT2D eigenvalue weighted by molar-refractivity contribution is 0.0952. The number of rotatable bonds is 7. The van der Waals surface area contributed by atoms with E-state index in [1.54, 1.807) is 17.3 Å². The maximum Gasteiger partial charge on any atom is 0.255 e. The van der Waals surface area contributed by atoms with Gasteiger partial charge in [-0.25, -0.2) is 9.97 Å². The summed E-state index contributed by atoms with van der Waals surface area (Å²) in [6.07, 6.45) is 6.16. The Morgan fingerprint density at radius 2 is 1.90 bits per heavy atom. The van der Waals surface area contributed by atoms with Crippen LogP contribution in [0.1, 0.15) is 16.8 Å². The second kappa shape index (κ2) is 8.73. The van der Waals surface area contributed by atoms with Crippen LogP contribution < -0.4 is 10.2 Å². The fourth-order valence-electron chi connectivity index (χ4n) is 3.33. The second-order valence-electron chi connectivity index (χ2n) is 7.22. The zero-order valence-corrected chi connectivity index (χ0v) is 17.1. The summed E-state index contributed by atoms with van der Waals surface area (Å²) in [4.78, 5) is 27.9. The number of carbonyl (C=O) groups is 1. The molecular weight excluding hydrogens is 376 g/mol. The highest BCUT2D eigenvalue weighted by atomic mass is 16.1. The van der Waals surface area contributed by atoms with Crippen LogP contribution in [0.5, 0.6) is 0 Å². The normalized spacial score (nSPS) is 10.9. The molecule has 30 heavy (non-hydrogen) atoms. The Kier molecular flexibility index (Phi) is 5.70. The molecule has 0 aliphatic heterocycles. The summed E-state index contributed by atoms with van der Waals surface area (Å²) in [6.45, 7) is 1.39. The third kappa shape index (κ3) is 4.15. The molecule has 0 aliphatic rings. The molecule has 0 unspecified atom stereocenters. The molecule has 1 aromatic carbocycles. The van der Waals surface area contributed by atoms with Gasteiger partial charge in [0.15, 0.2) is 0 Å². The quantitative estimate of drug-likeness (QED) is 0.481. The highest BCUT2D eigenvalue weighted by molar-refractivity contribution is 5.99. The number of hydrogen-bond acceptors (Lipinski definition) is 5. The van der Waals surface area contributed by atoms with Gasteiger partial charge in [0, 0.05) is 51.3 Å². The molecule has 1 amide bonds. The molecule has 0 spiro atoms. The summed E-state index contributed by atoms with van der Waals surface area (Å²) in [6, 6.07) is 15.9. The van der Waals surface area contributed by atoms with Gasteiger partial charge in [-0.05, 0) is 36.1 Å². The van der Waals surface area contributed by atoms with E-state index in [1.165, 1.54) is 10.9 Å². The first kappa shape index (κ1) is 19.6. The standard InChI is InChI=1S/C23H24N6O/c1-28(2)23-26-16-18(21(27-23)19-9-5-6-12-24-19)22(30)25-13-7-14-29-15-11-17-8-3-4-10-20(17)29/h3-6,8-12,15-16H,7,13-14H2,1-2H3,(H,25,30). The topological polar surface area (TPSA) is 75.9 Å². The second-order valence-corrected chi connectivity index (χ2v) is 7.22. The molecule has 152 valence electrons. The molecule has 0 bridgehead atoms. The predicted octanol–water partition coefficient (Wildman–Crippen LogP) is 3.38. The lowest BCUT2D eigenvalue weighted by Crippen LogP contribution is -2.27. The number of aryl methyl sites for hydroxylation is 1. The molecule has 0 aliphatic carbocycles. The van der Waals surface area contributed by atoms with E-state index < -0.39 is 0 Å². The number of pyridine rings is 1. The maximum atomic E-state index is 12.9. The van der Waals surface area contributed by atoms with Crippen molar-refractivity contribution in [1.82, 2.24) is 24.8 Å². The van der Waals surface area contributed by atoms with Crippen LogP contribution in [0, 0.1) is 0 Å². The molecule has 7 nitrogen and oxygen atoms in total. The minimum Gasteiger partial charge on any atom is -0.352 e. The third-order valence-electron chi connectivity index (χ3n) is 4.87. The minimum atomic E-state index is -0.196. The number of anilines is 1. The van der Waals surface area contributed by atoms with Crippen LogP contribution in [0.3, 0.4) is 0 Å². The third-order valence-corrected chi connectivity index (χ3v) is 4.87.